The van der Waals surface area contributed by atoms with Gasteiger partial charge in [0, 0.05) is 4.88 Å². The molecule has 0 fully saturated rings. The molecule has 0 radical (unpaired) electrons. The van der Waals surface area contributed by atoms with Crippen molar-refractivity contribution >= 4 is 22.9 Å². The summed E-state index contributed by atoms with van der Waals surface area (Å²) in [6.45, 7) is 2.87. The molecule has 0 aliphatic carbocycles. The number of unbranched alkanes of at least 4 members (excludes halogenated alkanes) is 2. The van der Waals surface area contributed by atoms with Crippen LogP contribution in [0.5, 0.6) is 0 Å². The molecule has 1 aromatic rings. The van der Waals surface area contributed by atoms with E-state index in [4.69, 9.17) is 17.3 Å². The number of hydrogen-bond acceptors (Lipinski definition) is 2. The summed E-state index contributed by atoms with van der Waals surface area (Å²) >= 11 is 7.67. The molecule has 0 aliphatic heterocycles. The van der Waals surface area contributed by atoms with Crippen molar-refractivity contribution < 1.29 is 0 Å². The van der Waals surface area contributed by atoms with E-state index in [2.05, 4.69) is 13.0 Å². The van der Waals surface area contributed by atoms with Crippen molar-refractivity contribution in [3.05, 3.63) is 20.8 Å². The van der Waals surface area contributed by atoms with Gasteiger partial charge in [0.2, 0.25) is 0 Å². The number of rotatable bonds is 5. The van der Waals surface area contributed by atoms with Crippen molar-refractivity contribution in [2.75, 3.05) is 6.54 Å². The second kappa shape index (κ2) is 5.63. The van der Waals surface area contributed by atoms with Gasteiger partial charge in [-0.15, -0.1) is 11.3 Å². The van der Waals surface area contributed by atoms with Gasteiger partial charge in [0.25, 0.3) is 0 Å². The summed E-state index contributed by atoms with van der Waals surface area (Å²) in [4.78, 5) is 1.40. The minimum absolute atomic E-state index is 0.810. The summed E-state index contributed by atoms with van der Waals surface area (Å²) in [6.07, 6.45) is 4.74. The minimum atomic E-state index is 0.810. The third-order valence-electron chi connectivity index (χ3n) is 2.04. The molecule has 0 spiro atoms. The van der Waals surface area contributed by atoms with Crippen molar-refractivity contribution in [3.8, 4) is 0 Å². The molecule has 2 N–H and O–H groups in total. The van der Waals surface area contributed by atoms with Crippen molar-refractivity contribution in [1.82, 2.24) is 0 Å². The van der Waals surface area contributed by atoms with E-state index >= 15 is 0 Å². The second-order valence-electron chi connectivity index (χ2n) is 3.27. The molecule has 0 aromatic carbocycles. The zero-order chi connectivity index (χ0) is 9.68. The summed E-state index contributed by atoms with van der Waals surface area (Å²) in [5.74, 6) is 0. The Balaban J connectivity index is 2.29. The van der Waals surface area contributed by atoms with Crippen LogP contribution in [0.15, 0.2) is 6.07 Å². The summed E-state index contributed by atoms with van der Waals surface area (Å²) in [5, 5.41) is 0. The molecule has 0 atom stereocenters. The fourth-order valence-electron chi connectivity index (χ4n) is 1.27. The first-order valence-electron chi connectivity index (χ1n) is 4.69. The molecule has 13 heavy (non-hydrogen) atoms. The van der Waals surface area contributed by atoms with Crippen LogP contribution in [0.25, 0.3) is 0 Å². The van der Waals surface area contributed by atoms with E-state index in [0.717, 1.165) is 23.7 Å². The van der Waals surface area contributed by atoms with E-state index in [1.807, 2.05) is 0 Å². The van der Waals surface area contributed by atoms with Gasteiger partial charge in [0.15, 0.2) is 0 Å². The highest BCUT2D eigenvalue weighted by Gasteiger charge is 2.02. The van der Waals surface area contributed by atoms with Gasteiger partial charge < -0.3 is 5.73 Å². The fourth-order valence-corrected chi connectivity index (χ4v) is 2.55. The molecular weight excluding hydrogens is 202 g/mol. The SMILES string of the molecule is Cc1cc(CCCCCN)sc1Cl. The highest BCUT2D eigenvalue weighted by molar-refractivity contribution is 7.16. The molecule has 1 rings (SSSR count). The zero-order valence-electron chi connectivity index (χ0n) is 7.98. The Kier molecular flexibility index (Phi) is 4.78. The average molecular weight is 218 g/mol. The van der Waals surface area contributed by atoms with Gasteiger partial charge in [0.1, 0.15) is 0 Å². The van der Waals surface area contributed by atoms with Crippen molar-refractivity contribution in [1.29, 1.82) is 0 Å². The molecule has 1 heterocycles. The van der Waals surface area contributed by atoms with E-state index in [1.165, 1.54) is 23.3 Å². The first-order valence-corrected chi connectivity index (χ1v) is 5.88. The van der Waals surface area contributed by atoms with Gasteiger partial charge in [-0.3, -0.25) is 0 Å². The molecule has 0 saturated carbocycles. The Morgan fingerprint density at radius 1 is 1.38 bits per heavy atom. The van der Waals surface area contributed by atoms with Crippen LogP contribution >= 0.6 is 22.9 Å². The van der Waals surface area contributed by atoms with Gasteiger partial charge in [-0.1, -0.05) is 18.0 Å². The zero-order valence-corrected chi connectivity index (χ0v) is 9.55. The maximum absolute atomic E-state index is 5.97. The smallest absolute Gasteiger partial charge is 0.0960 e. The molecule has 0 unspecified atom stereocenters. The number of hydrogen-bond donors (Lipinski definition) is 1. The first-order chi connectivity index (χ1) is 6.24. The average Bonchev–Trinajstić information content (AvgIpc) is 2.41. The summed E-state index contributed by atoms with van der Waals surface area (Å²) < 4.78 is 0.939. The van der Waals surface area contributed by atoms with E-state index in [-0.39, 0.29) is 0 Å². The van der Waals surface area contributed by atoms with Crippen molar-refractivity contribution in [2.45, 2.75) is 32.6 Å². The van der Waals surface area contributed by atoms with Crippen LogP contribution in [0.4, 0.5) is 0 Å². The van der Waals surface area contributed by atoms with Crippen LogP contribution in [-0.2, 0) is 6.42 Å². The lowest BCUT2D eigenvalue weighted by Crippen LogP contribution is -1.97. The summed E-state index contributed by atoms with van der Waals surface area (Å²) in [6, 6.07) is 2.19. The molecule has 1 aromatic heterocycles. The Morgan fingerprint density at radius 3 is 2.69 bits per heavy atom. The number of nitrogens with two attached hydrogens (primary N) is 1. The van der Waals surface area contributed by atoms with Crippen LogP contribution in [0.1, 0.15) is 29.7 Å². The molecule has 74 valence electrons. The molecule has 0 bridgehead atoms. The van der Waals surface area contributed by atoms with Crippen LogP contribution in [0.3, 0.4) is 0 Å². The molecular formula is C10H16ClNS. The molecule has 1 nitrogen and oxygen atoms in total. The Labute approximate surface area is 88.9 Å². The Hall–Kier alpha value is -0.0500. The standard InChI is InChI=1S/C10H16ClNS/c1-8-7-9(13-10(8)11)5-3-2-4-6-12/h7H,2-6,12H2,1H3. The van der Waals surface area contributed by atoms with Gasteiger partial charge in [-0.25, -0.2) is 0 Å². The lowest BCUT2D eigenvalue weighted by molar-refractivity contribution is 0.690. The predicted octanol–water partition coefficient (Wildman–Crippen LogP) is 3.38. The largest absolute Gasteiger partial charge is 0.330 e. The highest BCUT2D eigenvalue weighted by atomic mass is 35.5. The van der Waals surface area contributed by atoms with Gasteiger partial charge >= 0.3 is 0 Å². The van der Waals surface area contributed by atoms with Crippen LogP contribution in [0.2, 0.25) is 4.34 Å². The van der Waals surface area contributed by atoms with Crippen molar-refractivity contribution in [2.24, 2.45) is 5.73 Å². The highest BCUT2D eigenvalue weighted by Crippen LogP contribution is 2.27. The van der Waals surface area contributed by atoms with Crippen LogP contribution in [0, 0.1) is 6.92 Å². The Morgan fingerprint density at radius 2 is 2.15 bits per heavy atom. The van der Waals surface area contributed by atoms with E-state index < -0.39 is 0 Å². The lowest BCUT2D eigenvalue weighted by atomic mass is 10.1. The molecule has 3 heteroatoms. The first kappa shape index (κ1) is 11.0. The predicted molar refractivity (Wildman–Crippen MR) is 60.7 cm³/mol. The van der Waals surface area contributed by atoms with E-state index in [0.29, 0.717) is 0 Å². The molecule has 0 amide bonds. The monoisotopic (exact) mass is 217 g/mol. The third-order valence-corrected chi connectivity index (χ3v) is 3.65. The quantitative estimate of drug-likeness (QED) is 0.752. The topological polar surface area (TPSA) is 26.0 Å². The van der Waals surface area contributed by atoms with E-state index in [1.54, 1.807) is 11.3 Å². The Bertz CT molecular complexity index is 238. The number of halogens is 1. The third kappa shape index (κ3) is 3.67. The second-order valence-corrected chi connectivity index (χ2v) is 5.01. The van der Waals surface area contributed by atoms with Gasteiger partial charge in [0.05, 0.1) is 4.34 Å². The number of aryl methyl sites for hydroxylation is 2. The van der Waals surface area contributed by atoms with Crippen LogP contribution < -0.4 is 5.73 Å². The minimum Gasteiger partial charge on any atom is -0.330 e. The summed E-state index contributed by atoms with van der Waals surface area (Å²) in [7, 11) is 0. The molecule has 0 aliphatic rings. The molecule has 0 saturated heterocycles. The van der Waals surface area contributed by atoms with Crippen molar-refractivity contribution in [3.63, 3.8) is 0 Å². The normalized spacial score (nSPS) is 10.7. The maximum Gasteiger partial charge on any atom is 0.0960 e. The van der Waals surface area contributed by atoms with Gasteiger partial charge in [-0.05, 0) is 44.4 Å². The van der Waals surface area contributed by atoms with E-state index in [9.17, 15) is 0 Å². The van der Waals surface area contributed by atoms with Crippen LogP contribution in [-0.4, -0.2) is 6.54 Å². The maximum atomic E-state index is 5.97. The fraction of sp³-hybridized carbons (Fsp3) is 0.600. The lowest BCUT2D eigenvalue weighted by Gasteiger charge is -1.96. The van der Waals surface area contributed by atoms with Gasteiger partial charge in [-0.2, -0.15) is 0 Å². The number of thiophene rings is 1. The summed E-state index contributed by atoms with van der Waals surface area (Å²) in [5.41, 5.74) is 6.63.